The Balaban J connectivity index is 1.50. The molecule has 1 saturated heterocycles. The van der Waals surface area contributed by atoms with Gasteiger partial charge in [-0.3, -0.25) is 4.72 Å². The third kappa shape index (κ3) is 5.06. The summed E-state index contributed by atoms with van der Waals surface area (Å²) in [5.74, 6) is 0.881. The quantitative estimate of drug-likeness (QED) is 0.445. The molecule has 162 valence electrons. The van der Waals surface area contributed by atoms with E-state index < -0.39 is 10.0 Å². The van der Waals surface area contributed by atoms with E-state index in [9.17, 15) is 8.42 Å². The van der Waals surface area contributed by atoms with Gasteiger partial charge in [0.05, 0.1) is 20.8 Å². The summed E-state index contributed by atoms with van der Waals surface area (Å²) in [6.45, 7) is 2.01. The largest absolute Gasteiger partial charge is 0.355 e. The Labute approximate surface area is 196 Å². The van der Waals surface area contributed by atoms with Crippen molar-refractivity contribution >= 4 is 56.3 Å². The molecule has 6 nitrogen and oxygen atoms in total. The van der Waals surface area contributed by atoms with Crippen LogP contribution in [-0.4, -0.2) is 31.7 Å². The van der Waals surface area contributed by atoms with Crippen LogP contribution < -0.4 is 9.62 Å². The molecule has 0 saturated carbocycles. The number of sulfonamides is 1. The standard InChI is InChI=1S/C21H19Cl3N4O2S/c22-16-12-18(24)20(13-17(16)23)31(29,30)27-15-6-4-14(5-7-15)19-8-9-21(26-25-19)28-10-2-1-3-11-28/h4-9,12-13,27H,1-3,10-11H2. The molecule has 0 radical (unpaired) electrons. The number of rotatable bonds is 5. The summed E-state index contributed by atoms with van der Waals surface area (Å²) in [4.78, 5) is 2.10. The monoisotopic (exact) mass is 496 g/mol. The molecular formula is C21H19Cl3N4O2S. The predicted octanol–water partition coefficient (Wildman–Crippen LogP) is 5.89. The van der Waals surface area contributed by atoms with Gasteiger partial charge in [0.1, 0.15) is 4.90 Å². The van der Waals surface area contributed by atoms with Crippen molar-refractivity contribution in [2.45, 2.75) is 24.2 Å². The van der Waals surface area contributed by atoms with Crippen LogP contribution in [0.2, 0.25) is 15.1 Å². The molecule has 3 aromatic rings. The van der Waals surface area contributed by atoms with Gasteiger partial charge in [0.25, 0.3) is 10.0 Å². The van der Waals surface area contributed by atoms with Gasteiger partial charge in [0.2, 0.25) is 0 Å². The van der Waals surface area contributed by atoms with Crippen molar-refractivity contribution in [1.29, 1.82) is 0 Å². The van der Waals surface area contributed by atoms with Crippen molar-refractivity contribution in [1.82, 2.24) is 10.2 Å². The number of halogens is 3. The van der Waals surface area contributed by atoms with Crippen LogP contribution in [0, 0.1) is 0 Å². The molecule has 0 spiro atoms. The fraction of sp³-hybridized carbons (Fsp3) is 0.238. The van der Waals surface area contributed by atoms with Gasteiger partial charge in [-0.25, -0.2) is 8.42 Å². The molecule has 0 atom stereocenters. The lowest BCUT2D eigenvalue weighted by Gasteiger charge is -2.27. The van der Waals surface area contributed by atoms with Crippen LogP contribution in [0.3, 0.4) is 0 Å². The predicted molar refractivity (Wildman–Crippen MR) is 126 cm³/mol. The highest BCUT2D eigenvalue weighted by Crippen LogP contribution is 2.32. The molecule has 0 bridgehead atoms. The molecule has 0 amide bonds. The molecule has 2 aromatic carbocycles. The molecule has 31 heavy (non-hydrogen) atoms. The Morgan fingerprint density at radius 3 is 2.13 bits per heavy atom. The third-order valence-corrected chi connectivity index (χ3v) is 7.60. The molecule has 10 heteroatoms. The zero-order valence-electron chi connectivity index (χ0n) is 16.4. The van der Waals surface area contributed by atoms with Crippen LogP contribution in [0.1, 0.15) is 19.3 Å². The minimum Gasteiger partial charge on any atom is -0.355 e. The van der Waals surface area contributed by atoms with Gasteiger partial charge in [-0.1, -0.05) is 46.9 Å². The maximum absolute atomic E-state index is 12.7. The van der Waals surface area contributed by atoms with Gasteiger partial charge in [-0.2, -0.15) is 0 Å². The molecule has 1 fully saturated rings. The van der Waals surface area contributed by atoms with Crippen molar-refractivity contribution < 1.29 is 8.42 Å². The number of anilines is 2. The summed E-state index contributed by atoms with van der Waals surface area (Å²) in [6, 6.07) is 13.3. The van der Waals surface area contributed by atoms with Crippen LogP contribution in [0.5, 0.6) is 0 Å². The summed E-state index contributed by atoms with van der Waals surface area (Å²) in [7, 11) is -3.94. The van der Waals surface area contributed by atoms with E-state index in [0.717, 1.165) is 24.5 Å². The summed E-state index contributed by atoms with van der Waals surface area (Å²) in [5.41, 5.74) is 1.92. The summed E-state index contributed by atoms with van der Waals surface area (Å²) < 4.78 is 27.9. The summed E-state index contributed by atoms with van der Waals surface area (Å²) in [6.07, 6.45) is 3.61. The molecule has 1 N–H and O–H groups in total. The Bertz CT molecular complexity index is 1180. The lowest BCUT2D eigenvalue weighted by molar-refractivity contribution is 0.571. The Morgan fingerprint density at radius 2 is 1.48 bits per heavy atom. The molecule has 1 aromatic heterocycles. The number of hydrogen-bond donors (Lipinski definition) is 1. The van der Waals surface area contributed by atoms with Crippen molar-refractivity contribution in [3.05, 3.63) is 63.6 Å². The van der Waals surface area contributed by atoms with Crippen molar-refractivity contribution in [2.75, 3.05) is 22.7 Å². The first-order chi connectivity index (χ1) is 14.8. The average molecular weight is 498 g/mol. The highest BCUT2D eigenvalue weighted by atomic mass is 35.5. The van der Waals surface area contributed by atoms with Gasteiger partial charge < -0.3 is 4.90 Å². The van der Waals surface area contributed by atoms with E-state index >= 15 is 0 Å². The molecule has 1 aliphatic heterocycles. The van der Waals surface area contributed by atoms with E-state index in [1.807, 2.05) is 12.1 Å². The Morgan fingerprint density at radius 1 is 0.806 bits per heavy atom. The minimum absolute atomic E-state index is 0.0115. The first-order valence-electron chi connectivity index (χ1n) is 9.70. The number of nitrogens with zero attached hydrogens (tertiary/aromatic N) is 3. The number of hydrogen-bond acceptors (Lipinski definition) is 5. The van der Waals surface area contributed by atoms with Gasteiger partial charge >= 0.3 is 0 Å². The van der Waals surface area contributed by atoms with Crippen molar-refractivity contribution in [3.63, 3.8) is 0 Å². The van der Waals surface area contributed by atoms with Crippen LogP contribution in [0.4, 0.5) is 11.5 Å². The maximum atomic E-state index is 12.7. The van der Waals surface area contributed by atoms with Gasteiger partial charge in [-0.15, -0.1) is 10.2 Å². The van der Waals surface area contributed by atoms with Crippen LogP contribution in [-0.2, 0) is 10.0 Å². The Kier molecular flexibility index (Phi) is 6.57. The summed E-state index contributed by atoms with van der Waals surface area (Å²) >= 11 is 17.9. The number of nitrogens with one attached hydrogen (secondary N) is 1. The fourth-order valence-corrected chi connectivity index (χ4v) is 5.46. The van der Waals surface area contributed by atoms with Crippen LogP contribution >= 0.6 is 34.8 Å². The number of piperidine rings is 1. The first kappa shape index (κ1) is 22.1. The van der Waals surface area contributed by atoms with E-state index in [-0.39, 0.29) is 20.0 Å². The van der Waals surface area contributed by atoms with E-state index in [1.165, 1.54) is 31.4 Å². The summed E-state index contributed by atoms with van der Waals surface area (Å²) in [5, 5.41) is 8.96. The van der Waals surface area contributed by atoms with Crippen LogP contribution in [0.25, 0.3) is 11.3 Å². The minimum atomic E-state index is -3.94. The van der Waals surface area contributed by atoms with Gasteiger partial charge in [0, 0.05) is 24.3 Å². The highest BCUT2D eigenvalue weighted by Gasteiger charge is 2.20. The second-order valence-electron chi connectivity index (χ2n) is 7.20. The zero-order chi connectivity index (χ0) is 22.0. The topological polar surface area (TPSA) is 75.2 Å². The number of benzene rings is 2. The third-order valence-electron chi connectivity index (χ3n) is 5.03. The molecule has 2 heterocycles. The van der Waals surface area contributed by atoms with Crippen molar-refractivity contribution in [3.8, 4) is 11.3 Å². The fourth-order valence-electron chi connectivity index (χ4n) is 3.40. The smallest absolute Gasteiger partial charge is 0.263 e. The molecular weight excluding hydrogens is 479 g/mol. The van der Waals surface area contributed by atoms with Gasteiger partial charge in [-0.05, 0) is 55.7 Å². The molecule has 0 unspecified atom stereocenters. The van der Waals surface area contributed by atoms with E-state index in [1.54, 1.807) is 24.3 Å². The first-order valence-corrected chi connectivity index (χ1v) is 12.3. The number of aromatic nitrogens is 2. The average Bonchev–Trinajstić information content (AvgIpc) is 2.77. The molecule has 4 rings (SSSR count). The van der Waals surface area contributed by atoms with E-state index in [0.29, 0.717) is 11.4 Å². The molecule has 0 aliphatic carbocycles. The van der Waals surface area contributed by atoms with Crippen molar-refractivity contribution in [2.24, 2.45) is 0 Å². The molecule has 1 aliphatic rings. The lowest BCUT2D eigenvalue weighted by Crippen LogP contribution is -2.30. The normalized spacial score (nSPS) is 14.5. The van der Waals surface area contributed by atoms with Crippen LogP contribution in [0.15, 0.2) is 53.4 Å². The van der Waals surface area contributed by atoms with E-state index in [4.69, 9.17) is 34.8 Å². The lowest BCUT2D eigenvalue weighted by atomic mass is 10.1. The van der Waals surface area contributed by atoms with E-state index in [2.05, 4.69) is 19.8 Å². The maximum Gasteiger partial charge on any atom is 0.263 e. The second-order valence-corrected chi connectivity index (χ2v) is 10.1. The zero-order valence-corrected chi connectivity index (χ0v) is 19.4. The highest BCUT2D eigenvalue weighted by molar-refractivity contribution is 7.92. The SMILES string of the molecule is O=S(=O)(Nc1ccc(-c2ccc(N3CCCCC3)nn2)cc1)c1cc(Cl)c(Cl)cc1Cl. The Hall–Kier alpha value is -2.06. The van der Waals surface area contributed by atoms with Gasteiger partial charge in [0.15, 0.2) is 5.82 Å². The second kappa shape index (κ2) is 9.20.